The van der Waals surface area contributed by atoms with E-state index in [2.05, 4.69) is 5.10 Å². The topological polar surface area (TPSA) is 41.4 Å². The summed E-state index contributed by atoms with van der Waals surface area (Å²) in [5.74, 6) is -0.137. The van der Waals surface area contributed by atoms with Crippen molar-refractivity contribution in [2.24, 2.45) is 7.05 Å². The van der Waals surface area contributed by atoms with Crippen molar-refractivity contribution in [1.82, 2.24) is 19.6 Å². The van der Waals surface area contributed by atoms with Crippen LogP contribution < -0.4 is 0 Å². The van der Waals surface area contributed by atoms with Crippen LogP contribution in [0.4, 0.5) is 13.2 Å². The minimum atomic E-state index is -4.11. The van der Waals surface area contributed by atoms with Crippen molar-refractivity contribution < 1.29 is 18.0 Å². The van der Waals surface area contributed by atoms with Crippen LogP contribution >= 0.6 is 0 Å². The molecule has 1 aromatic rings. The summed E-state index contributed by atoms with van der Waals surface area (Å²) in [6.45, 7) is 3.08. The normalized spacial score (nSPS) is 17.5. The average Bonchev–Trinajstić information content (AvgIpc) is 2.83. The van der Waals surface area contributed by atoms with Crippen LogP contribution in [0.2, 0.25) is 0 Å². The molecule has 8 heteroatoms. The molecular weight excluding hydrogens is 309 g/mol. The zero-order valence-electron chi connectivity index (χ0n) is 13.7. The Morgan fingerprint density at radius 3 is 2.48 bits per heavy atom. The number of aryl methyl sites for hydroxylation is 2. The summed E-state index contributed by atoms with van der Waals surface area (Å²) in [6, 6.07) is 1.80. The van der Waals surface area contributed by atoms with Gasteiger partial charge in [-0.25, -0.2) is 0 Å². The minimum Gasteiger partial charge on any atom is -0.337 e. The zero-order chi connectivity index (χ0) is 17.2. The van der Waals surface area contributed by atoms with E-state index in [1.54, 1.807) is 29.7 Å². The van der Waals surface area contributed by atoms with Gasteiger partial charge in [-0.1, -0.05) is 0 Å². The van der Waals surface area contributed by atoms with E-state index in [0.717, 1.165) is 5.69 Å². The summed E-state index contributed by atoms with van der Waals surface area (Å²) in [5.41, 5.74) is 1.32. The number of hydrogen-bond donors (Lipinski definition) is 0. The van der Waals surface area contributed by atoms with Gasteiger partial charge in [0.15, 0.2) is 5.69 Å². The van der Waals surface area contributed by atoms with E-state index in [0.29, 0.717) is 31.6 Å². The van der Waals surface area contributed by atoms with Crippen LogP contribution in [0.1, 0.15) is 35.4 Å². The van der Waals surface area contributed by atoms with Crippen molar-refractivity contribution in [3.8, 4) is 0 Å². The predicted molar refractivity (Wildman–Crippen MR) is 80.2 cm³/mol. The number of amides is 1. The smallest absolute Gasteiger partial charge is 0.337 e. The van der Waals surface area contributed by atoms with Crippen molar-refractivity contribution in [1.29, 1.82) is 0 Å². The maximum absolute atomic E-state index is 12.4. The Bertz CT molecular complexity index is 528. The lowest BCUT2D eigenvalue weighted by atomic mass is 10.0. The highest BCUT2D eigenvalue weighted by atomic mass is 19.4. The number of piperidine rings is 1. The molecule has 0 aromatic carbocycles. The molecule has 1 amide bonds. The first-order valence-electron chi connectivity index (χ1n) is 7.74. The highest BCUT2D eigenvalue weighted by molar-refractivity contribution is 5.92. The second kappa shape index (κ2) is 6.90. The van der Waals surface area contributed by atoms with Crippen molar-refractivity contribution >= 4 is 5.91 Å². The van der Waals surface area contributed by atoms with Gasteiger partial charge >= 0.3 is 6.18 Å². The third-order valence-corrected chi connectivity index (χ3v) is 4.47. The SMILES string of the molecule is Cc1cc(C(=O)N(C)C2CCN(CCC(F)(F)F)CC2)nn1C. The molecule has 0 radical (unpaired) electrons. The average molecular weight is 332 g/mol. The number of alkyl halides is 3. The van der Waals surface area contributed by atoms with E-state index < -0.39 is 12.6 Å². The van der Waals surface area contributed by atoms with Gasteiger partial charge in [-0.3, -0.25) is 9.48 Å². The van der Waals surface area contributed by atoms with Gasteiger partial charge in [-0.05, 0) is 25.8 Å². The lowest BCUT2D eigenvalue weighted by Gasteiger charge is -2.36. The summed E-state index contributed by atoms with van der Waals surface area (Å²) >= 11 is 0. The first-order valence-corrected chi connectivity index (χ1v) is 7.74. The second-order valence-corrected chi connectivity index (χ2v) is 6.15. The Balaban J connectivity index is 1.85. The molecule has 0 aliphatic carbocycles. The molecule has 1 aliphatic heterocycles. The standard InChI is InChI=1S/C15H23F3N4O/c1-11-10-13(19-21(11)3)14(23)20(2)12-4-7-22(8-5-12)9-6-15(16,17)18/h10,12H,4-9H2,1-3H3. The number of carbonyl (C=O) groups excluding carboxylic acids is 1. The van der Waals surface area contributed by atoms with Crippen molar-refractivity contribution in [3.63, 3.8) is 0 Å². The highest BCUT2D eigenvalue weighted by Crippen LogP contribution is 2.22. The number of hydrogen-bond acceptors (Lipinski definition) is 3. The first kappa shape index (κ1) is 17.8. The van der Waals surface area contributed by atoms with Crippen molar-refractivity contribution in [3.05, 3.63) is 17.5 Å². The van der Waals surface area contributed by atoms with Crippen LogP contribution in [0.25, 0.3) is 0 Å². The lowest BCUT2D eigenvalue weighted by molar-refractivity contribution is -0.138. The van der Waals surface area contributed by atoms with Gasteiger partial charge in [0.2, 0.25) is 0 Å². The molecule has 1 saturated heterocycles. The summed E-state index contributed by atoms with van der Waals surface area (Å²) in [6.07, 6.45) is -3.52. The van der Waals surface area contributed by atoms with Gasteiger partial charge in [0.1, 0.15) is 0 Å². The molecule has 0 saturated carbocycles. The molecule has 5 nitrogen and oxygen atoms in total. The van der Waals surface area contributed by atoms with E-state index in [1.165, 1.54) is 0 Å². The van der Waals surface area contributed by atoms with Crippen LogP contribution in [0.5, 0.6) is 0 Å². The van der Waals surface area contributed by atoms with Gasteiger partial charge in [0.25, 0.3) is 5.91 Å². The molecular formula is C15H23F3N4O. The quantitative estimate of drug-likeness (QED) is 0.849. The molecule has 0 atom stereocenters. The molecule has 2 rings (SSSR count). The van der Waals surface area contributed by atoms with Crippen molar-refractivity contribution in [2.45, 2.75) is 38.4 Å². The lowest BCUT2D eigenvalue weighted by Crippen LogP contribution is -2.46. The number of likely N-dealkylation sites (tertiary alicyclic amines) is 1. The molecule has 130 valence electrons. The van der Waals surface area contributed by atoms with Crippen LogP contribution in [0.15, 0.2) is 6.07 Å². The van der Waals surface area contributed by atoms with Crippen LogP contribution in [0, 0.1) is 6.92 Å². The molecule has 0 bridgehead atoms. The van der Waals surface area contributed by atoms with E-state index in [4.69, 9.17) is 0 Å². The number of aromatic nitrogens is 2. The van der Waals surface area contributed by atoms with Crippen LogP contribution in [-0.2, 0) is 7.05 Å². The molecule has 1 fully saturated rings. The molecule has 2 heterocycles. The van der Waals surface area contributed by atoms with E-state index in [-0.39, 0.29) is 18.5 Å². The fourth-order valence-electron chi connectivity index (χ4n) is 2.83. The van der Waals surface area contributed by atoms with E-state index in [9.17, 15) is 18.0 Å². The monoisotopic (exact) mass is 332 g/mol. The summed E-state index contributed by atoms with van der Waals surface area (Å²) < 4.78 is 38.4. The van der Waals surface area contributed by atoms with Gasteiger partial charge in [-0.2, -0.15) is 18.3 Å². The Labute approximate surface area is 134 Å². The largest absolute Gasteiger partial charge is 0.390 e. The van der Waals surface area contributed by atoms with Crippen molar-refractivity contribution in [2.75, 3.05) is 26.7 Å². The maximum atomic E-state index is 12.4. The summed E-state index contributed by atoms with van der Waals surface area (Å²) in [7, 11) is 3.52. The minimum absolute atomic E-state index is 0.0350. The third-order valence-electron chi connectivity index (χ3n) is 4.47. The Morgan fingerprint density at radius 2 is 2.00 bits per heavy atom. The molecule has 0 spiro atoms. The fraction of sp³-hybridized carbons (Fsp3) is 0.733. The molecule has 23 heavy (non-hydrogen) atoms. The first-order chi connectivity index (χ1) is 10.7. The maximum Gasteiger partial charge on any atom is 0.390 e. The number of halogens is 3. The molecule has 0 unspecified atom stereocenters. The van der Waals surface area contributed by atoms with E-state index in [1.807, 2.05) is 11.8 Å². The van der Waals surface area contributed by atoms with Gasteiger partial charge in [-0.15, -0.1) is 0 Å². The molecule has 1 aliphatic rings. The van der Waals surface area contributed by atoms with Gasteiger partial charge in [0, 0.05) is 45.5 Å². The molecule has 1 aromatic heterocycles. The fourth-order valence-corrected chi connectivity index (χ4v) is 2.83. The zero-order valence-corrected chi connectivity index (χ0v) is 13.7. The number of carbonyl (C=O) groups is 1. The van der Waals surface area contributed by atoms with Gasteiger partial charge in [0.05, 0.1) is 6.42 Å². The Kier molecular flexibility index (Phi) is 5.33. The van der Waals surface area contributed by atoms with Gasteiger partial charge < -0.3 is 9.80 Å². The number of nitrogens with zero attached hydrogens (tertiary/aromatic N) is 4. The number of rotatable bonds is 4. The van der Waals surface area contributed by atoms with Crippen LogP contribution in [-0.4, -0.2) is 64.4 Å². The summed E-state index contributed by atoms with van der Waals surface area (Å²) in [4.78, 5) is 15.9. The molecule has 0 N–H and O–H groups in total. The summed E-state index contributed by atoms with van der Waals surface area (Å²) in [5, 5.41) is 4.19. The van der Waals surface area contributed by atoms with Crippen LogP contribution in [0.3, 0.4) is 0 Å². The second-order valence-electron chi connectivity index (χ2n) is 6.15. The Morgan fingerprint density at radius 1 is 1.39 bits per heavy atom. The predicted octanol–water partition coefficient (Wildman–Crippen LogP) is 2.22. The van der Waals surface area contributed by atoms with E-state index >= 15 is 0 Å². The Hall–Kier alpha value is -1.57. The third kappa shape index (κ3) is 4.70. The highest BCUT2D eigenvalue weighted by Gasteiger charge is 2.31.